The maximum atomic E-state index is 13.5. The lowest BCUT2D eigenvalue weighted by Crippen LogP contribution is -2.43. The van der Waals surface area contributed by atoms with Crippen LogP contribution in [0.4, 0.5) is 0 Å². The Labute approximate surface area is 235 Å². The zero-order valence-electron chi connectivity index (χ0n) is 24.1. The van der Waals surface area contributed by atoms with E-state index in [-0.39, 0.29) is 36.2 Å². The molecule has 1 atom stereocenters. The van der Waals surface area contributed by atoms with Crippen LogP contribution in [0.15, 0.2) is 35.0 Å². The summed E-state index contributed by atoms with van der Waals surface area (Å²) in [6.07, 6.45) is 8.12. The summed E-state index contributed by atoms with van der Waals surface area (Å²) in [6.45, 7) is 11.0. The number of likely N-dealkylation sites (tertiary alicyclic amines) is 1. The van der Waals surface area contributed by atoms with Gasteiger partial charge >= 0.3 is 0 Å². The number of fused-ring (bicyclic) bond motifs is 1. The Morgan fingerprint density at radius 2 is 1.90 bits per heavy atom. The number of carbonyl (C=O) groups is 3. The van der Waals surface area contributed by atoms with Crippen LogP contribution in [0.1, 0.15) is 69.1 Å². The molecule has 0 bridgehead atoms. The molecule has 5 heterocycles. The summed E-state index contributed by atoms with van der Waals surface area (Å²) in [5.74, 6) is -0.652. The molecule has 1 fully saturated rings. The third-order valence-corrected chi connectivity index (χ3v) is 8.26. The molecule has 3 aliphatic rings. The quantitative estimate of drug-likeness (QED) is 0.596. The Morgan fingerprint density at radius 1 is 1.15 bits per heavy atom. The SMILES string of the molecule is CC1=CC(C)=NC(=O)C1CNC(=O)c1cc(C2=CCN(C(=O)C3CCN(C)CC3)CC2)nc2c1cnn2C(C)C. The summed E-state index contributed by atoms with van der Waals surface area (Å²) in [6, 6.07) is 1.88. The molecule has 0 spiro atoms. The van der Waals surface area contributed by atoms with Gasteiger partial charge in [0.2, 0.25) is 5.91 Å². The van der Waals surface area contributed by atoms with Gasteiger partial charge in [-0.1, -0.05) is 11.6 Å². The number of rotatable bonds is 6. The number of carbonyl (C=O) groups excluding carboxylic acids is 3. The molecule has 0 saturated carbocycles. The van der Waals surface area contributed by atoms with Crippen LogP contribution < -0.4 is 5.32 Å². The molecule has 3 amide bonds. The monoisotopic (exact) mass is 545 g/mol. The summed E-state index contributed by atoms with van der Waals surface area (Å²) >= 11 is 0. The van der Waals surface area contributed by atoms with Crippen molar-refractivity contribution in [3.8, 4) is 0 Å². The number of amides is 3. The maximum Gasteiger partial charge on any atom is 0.254 e. The average molecular weight is 546 g/mol. The van der Waals surface area contributed by atoms with Gasteiger partial charge in [-0.2, -0.15) is 5.10 Å². The predicted molar refractivity (Wildman–Crippen MR) is 155 cm³/mol. The first-order chi connectivity index (χ1) is 19.1. The molecule has 1 N–H and O–H groups in total. The number of nitrogens with one attached hydrogen (secondary N) is 1. The minimum atomic E-state index is -0.475. The van der Waals surface area contributed by atoms with Crippen molar-refractivity contribution in [1.82, 2.24) is 29.9 Å². The lowest BCUT2D eigenvalue weighted by Gasteiger charge is -2.34. The van der Waals surface area contributed by atoms with Crippen LogP contribution in [0, 0.1) is 11.8 Å². The Morgan fingerprint density at radius 3 is 2.55 bits per heavy atom. The Balaban J connectivity index is 1.38. The number of piperidine rings is 1. The van der Waals surface area contributed by atoms with E-state index >= 15 is 0 Å². The van der Waals surface area contributed by atoms with Gasteiger partial charge in [0.25, 0.3) is 11.8 Å². The van der Waals surface area contributed by atoms with Crippen LogP contribution in [0.3, 0.4) is 0 Å². The maximum absolute atomic E-state index is 13.5. The van der Waals surface area contributed by atoms with Gasteiger partial charge in [0, 0.05) is 37.3 Å². The smallest absolute Gasteiger partial charge is 0.254 e. The van der Waals surface area contributed by atoms with E-state index in [1.165, 1.54) is 0 Å². The Bertz CT molecular complexity index is 1430. The fraction of sp³-hybridized carbons (Fsp3) is 0.533. The highest BCUT2D eigenvalue weighted by atomic mass is 16.2. The molecular formula is C30H39N7O3. The van der Waals surface area contributed by atoms with Crippen LogP contribution in [0.25, 0.3) is 16.6 Å². The van der Waals surface area contributed by atoms with E-state index in [0.29, 0.717) is 41.8 Å². The van der Waals surface area contributed by atoms with Gasteiger partial charge in [0.1, 0.15) is 0 Å². The van der Waals surface area contributed by atoms with Crippen LogP contribution in [-0.4, -0.2) is 87.8 Å². The number of hydrogen-bond donors (Lipinski definition) is 1. The van der Waals surface area contributed by atoms with Crippen molar-refractivity contribution in [2.24, 2.45) is 16.8 Å². The molecule has 10 heteroatoms. The fourth-order valence-electron chi connectivity index (χ4n) is 5.81. The molecule has 2 aromatic heterocycles. The van der Waals surface area contributed by atoms with Gasteiger partial charge in [0.05, 0.1) is 28.8 Å². The summed E-state index contributed by atoms with van der Waals surface area (Å²) in [7, 11) is 2.10. The topological polar surface area (TPSA) is 113 Å². The zero-order valence-corrected chi connectivity index (χ0v) is 24.1. The van der Waals surface area contributed by atoms with Gasteiger partial charge in [-0.05, 0) is 84.8 Å². The normalized spacial score (nSPS) is 20.9. The molecule has 1 unspecified atom stereocenters. The third-order valence-electron chi connectivity index (χ3n) is 8.26. The number of aliphatic imine (C=N–C) groups is 1. The van der Waals surface area contributed by atoms with Crippen molar-refractivity contribution in [3.63, 3.8) is 0 Å². The first-order valence-corrected chi connectivity index (χ1v) is 14.2. The van der Waals surface area contributed by atoms with Crippen molar-refractivity contribution >= 4 is 40.0 Å². The first-order valence-electron chi connectivity index (χ1n) is 14.2. The minimum Gasteiger partial charge on any atom is -0.351 e. The van der Waals surface area contributed by atoms with Gasteiger partial charge in [-0.3, -0.25) is 14.4 Å². The summed E-state index contributed by atoms with van der Waals surface area (Å²) in [5, 5.41) is 8.14. The second-order valence-corrected chi connectivity index (χ2v) is 11.6. The van der Waals surface area contributed by atoms with Crippen molar-refractivity contribution < 1.29 is 14.4 Å². The molecule has 3 aliphatic heterocycles. The van der Waals surface area contributed by atoms with E-state index in [0.717, 1.165) is 42.8 Å². The number of nitrogens with zero attached hydrogens (tertiary/aromatic N) is 6. The summed E-state index contributed by atoms with van der Waals surface area (Å²) in [5.41, 5.74) is 4.43. The highest BCUT2D eigenvalue weighted by Crippen LogP contribution is 2.29. The number of aromatic nitrogens is 3. The van der Waals surface area contributed by atoms with Gasteiger partial charge in [0.15, 0.2) is 5.65 Å². The second-order valence-electron chi connectivity index (χ2n) is 11.6. The lowest BCUT2D eigenvalue weighted by atomic mass is 9.94. The van der Waals surface area contributed by atoms with Gasteiger partial charge in [-0.15, -0.1) is 0 Å². The van der Waals surface area contributed by atoms with Crippen molar-refractivity contribution in [1.29, 1.82) is 0 Å². The lowest BCUT2D eigenvalue weighted by molar-refractivity contribution is -0.136. The Kier molecular flexibility index (Phi) is 7.98. The van der Waals surface area contributed by atoms with Gasteiger partial charge in [-0.25, -0.2) is 14.7 Å². The molecule has 1 saturated heterocycles. The van der Waals surface area contributed by atoms with Crippen molar-refractivity contribution in [2.75, 3.05) is 39.8 Å². The molecular weight excluding hydrogens is 506 g/mol. The first kappa shape index (κ1) is 27.9. The number of hydrogen-bond acceptors (Lipinski definition) is 6. The number of pyridine rings is 1. The van der Waals surface area contributed by atoms with E-state index < -0.39 is 5.92 Å². The summed E-state index contributed by atoms with van der Waals surface area (Å²) < 4.78 is 1.82. The van der Waals surface area contributed by atoms with E-state index in [1.54, 1.807) is 13.1 Å². The van der Waals surface area contributed by atoms with Crippen LogP contribution >= 0.6 is 0 Å². The molecule has 0 aliphatic carbocycles. The highest BCUT2D eigenvalue weighted by Gasteiger charge is 2.29. The molecule has 0 radical (unpaired) electrons. The van der Waals surface area contributed by atoms with E-state index in [2.05, 4.69) is 33.4 Å². The second kappa shape index (κ2) is 11.4. The Hall–Kier alpha value is -3.66. The highest BCUT2D eigenvalue weighted by molar-refractivity contribution is 6.07. The predicted octanol–water partition coefficient (Wildman–Crippen LogP) is 3.26. The van der Waals surface area contributed by atoms with E-state index in [4.69, 9.17) is 4.98 Å². The molecule has 5 rings (SSSR count). The van der Waals surface area contributed by atoms with Crippen LogP contribution in [0.5, 0.6) is 0 Å². The average Bonchev–Trinajstić information content (AvgIpc) is 3.36. The molecule has 10 nitrogen and oxygen atoms in total. The number of allylic oxidation sites excluding steroid dienone is 1. The molecule has 0 aromatic carbocycles. The molecule has 40 heavy (non-hydrogen) atoms. The minimum absolute atomic E-state index is 0.0629. The molecule has 212 valence electrons. The van der Waals surface area contributed by atoms with Crippen molar-refractivity contribution in [2.45, 2.75) is 53.0 Å². The van der Waals surface area contributed by atoms with Crippen LogP contribution in [0.2, 0.25) is 0 Å². The van der Waals surface area contributed by atoms with Gasteiger partial charge < -0.3 is 15.1 Å². The summed E-state index contributed by atoms with van der Waals surface area (Å²) in [4.78, 5) is 52.3. The van der Waals surface area contributed by atoms with E-state index in [9.17, 15) is 14.4 Å². The zero-order chi connectivity index (χ0) is 28.6. The van der Waals surface area contributed by atoms with Crippen LogP contribution in [-0.2, 0) is 9.59 Å². The van der Waals surface area contributed by atoms with E-state index in [1.807, 2.05) is 42.5 Å². The third kappa shape index (κ3) is 5.63. The largest absolute Gasteiger partial charge is 0.351 e. The number of dihydropyridines is 1. The molecule has 2 aromatic rings. The fourth-order valence-corrected chi connectivity index (χ4v) is 5.81. The van der Waals surface area contributed by atoms with Crippen molar-refractivity contribution in [3.05, 3.63) is 41.2 Å². The standard InChI is InChI=1S/C30H39N7O3/c1-18(2)37-27-25(17-32-37)23(28(38)31-16-24-19(3)14-20(4)33-29(24)39)15-26(34-27)21-8-12-36(13-9-21)30(40)22-6-10-35(5)11-7-22/h8,14-15,17-18,22,24H,6-7,9-13,16H2,1-5H3,(H,31,38).